The Morgan fingerprint density at radius 1 is 1.57 bits per heavy atom. The first kappa shape index (κ1) is 9.05. The van der Waals surface area contributed by atoms with E-state index in [0.717, 1.165) is 31.6 Å². The number of esters is 1. The molecule has 2 rings (SSSR count). The van der Waals surface area contributed by atoms with Gasteiger partial charge in [0.25, 0.3) is 0 Å². The standard InChI is InChI=1S/C9H13N3O2/c1-14-9(13)7-8(10)11-6-4-2-3-5-12(6)7/h2-5,10H2,1H3. The maximum Gasteiger partial charge on any atom is 0.358 e. The number of carbonyl (C=O) groups excluding carboxylic acids is 1. The van der Waals surface area contributed by atoms with Crippen LogP contribution in [0, 0.1) is 0 Å². The monoisotopic (exact) mass is 195 g/mol. The van der Waals surface area contributed by atoms with Crippen molar-refractivity contribution in [2.45, 2.75) is 25.8 Å². The second-order valence-corrected chi connectivity index (χ2v) is 3.36. The lowest BCUT2D eigenvalue weighted by atomic mass is 10.1. The molecule has 0 unspecified atom stereocenters. The van der Waals surface area contributed by atoms with Gasteiger partial charge in [0.05, 0.1) is 7.11 Å². The molecule has 0 saturated heterocycles. The lowest BCUT2D eigenvalue weighted by molar-refractivity contribution is 0.0588. The quantitative estimate of drug-likeness (QED) is 0.666. The van der Waals surface area contributed by atoms with Crippen LogP contribution in [0.15, 0.2) is 0 Å². The van der Waals surface area contributed by atoms with Crippen LogP contribution in [-0.4, -0.2) is 22.6 Å². The van der Waals surface area contributed by atoms with Gasteiger partial charge in [0, 0.05) is 13.0 Å². The Bertz CT molecular complexity index is 370. The minimum atomic E-state index is -0.400. The summed E-state index contributed by atoms with van der Waals surface area (Å²) in [5, 5.41) is 0. The first-order chi connectivity index (χ1) is 6.74. The average molecular weight is 195 g/mol. The fourth-order valence-corrected chi connectivity index (χ4v) is 1.82. The number of imidazole rings is 1. The number of ether oxygens (including phenoxy) is 1. The van der Waals surface area contributed by atoms with Crippen LogP contribution < -0.4 is 5.73 Å². The Morgan fingerprint density at radius 2 is 2.36 bits per heavy atom. The van der Waals surface area contributed by atoms with Gasteiger partial charge in [-0.05, 0) is 12.8 Å². The molecule has 0 saturated carbocycles. The molecule has 2 heterocycles. The summed E-state index contributed by atoms with van der Waals surface area (Å²) in [6.45, 7) is 0.809. The molecule has 5 nitrogen and oxygen atoms in total. The third kappa shape index (κ3) is 1.25. The van der Waals surface area contributed by atoms with Crippen molar-refractivity contribution in [3.63, 3.8) is 0 Å². The number of fused-ring (bicyclic) bond motifs is 1. The predicted octanol–water partition coefficient (Wildman–Crippen LogP) is 0.588. The zero-order chi connectivity index (χ0) is 10.1. The van der Waals surface area contributed by atoms with E-state index in [1.54, 1.807) is 0 Å². The highest BCUT2D eigenvalue weighted by Gasteiger charge is 2.23. The summed E-state index contributed by atoms with van der Waals surface area (Å²) in [6, 6.07) is 0. The summed E-state index contributed by atoms with van der Waals surface area (Å²) in [5.41, 5.74) is 6.07. The number of nitrogens with zero attached hydrogens (tertiary/aromatic N) is 2. The van der Waals surface area contributed by atoms with E-state index in [1.807, 2.05) is 4.57 Å². The van der Waals surface area contributed by atoms with Gasteiger partial charge >= 0.3 is 5.97 Å². The fraction of sp³-hybridized carbons (Fsp3) is 0.556. The largest absolute Gasteiger partial charge is 0.464 e. The van der Waals surface area contributed by atoms with E-state index in [0.29, 0.717) is 5.69 Å². The summed E-state index contributed by atoms with van der Waals surface area (Å²) in [6.07, 6.45) is 3.06. The average Bonchev–Trinajstić information content (AvgIpc) is 2.53. The highest BCUT2D eigenvalue weighted by Crippen LogP contribution is 2.21. The SMILES string of the molecule is COC(=O)c1c(N)nc2n1CCCC2. The molecule has 0 bridgehead atoms. The molecular formula is C9H13N3O2. The van der Waals surface area contributed by atoms with Crippen LogP contribution in [0.2, 0.25) is 0 Å². The number of aromatic nitrogens is 2. The number of hydrogen-bond acceptors (Lipinski definition) is 4. The van der Waals surface area contributed by atoms with E-state index in [9.17, 15) is 4.79 Å². The van der Waals surface area contributed by atoms with Gasteiger partial charge in [-0.25, -0.2) is 9.78 Å². The predicted molar refractivity (Wildman–Crippen MR) is 50.9 cm³/mol. The second kappa shape index (κ2) is 3.32. The molecule has 1 aromatic heterocycles. The lowest BCUT2D eigenvalue weighted by Crippen LogP contribution is -2.17. The summed E-state index contributed by atoms with van der Waals surface area (Å²) < 4.78 is 6.53. The van der Waals surface area contributed by atoms with E-state index >= 15 is 0 Å². The van der Waals surface area contributed by atoms with Crippen LogP contribution in [0.1, 0.15) is 29.2 Å². The molecular weight excluding hydrogens is 182 g/mol. The Hall–Kier alpha value is -1.52. The smallest absolute Gasteiger partial charge is 0.358 e. The molecule has 0 aromatic carbocycles. The van der Waals surface area contributed by atoms with Crippen molar-refractivity contribution in [1.29, 1.82) is 0 Å². The summed E-state index contributed by atoms with van der Waals surface area (Å²) in [4.78, 5) is 15.6. The van der Waals surface area contributed by atoms with Gasteiger partial charge in [-0.15, -0.1) is 0 Å². The zero-order valence-corrected chi connectivity index (χ0v) is 8.12. The van der Waals surface area contributed by atoms with E-state index in [1.165, 1.54) is 7.11 Å². The lowest BCUT2D eigenvalue weighted by Gasteiger charge is -2.14. The van der Waals surface area contributed by atoms with Crippen molar-refractivity contribution < 1.29 is 9.53 Å². The summed E-state index contributed by atoms with van der Waals surface area (Å²) in [7, 11) is 1.35. The van der Waals surface area contributed by atoms with Crippen molar-refractivity contribution in [2.24, 2.45) is 0 Å². The van der Waals surface area contributed by atoms with Crippen molar-refractivity contribution in [3.8, 4) is 0 Å². The van der Waals surface area contributed by atoms with Crippen molar-refractivity contribution in [2.75, 3.05) is 12.8 Å². The van der Waals surface area contributed by atoms with Gasteiger partial charge in [-0.2, -0.15) is 0 Å². The van der Waals surface area contributed by atoms with Crippen LogP contribution in [0.4, 0.5) is 5.82 Å². The van der Waals surface area contributed by atoms with Crippen LogP contribution in [-0.2, 0) is 17.7 Å². The fourth-order valence-electron chi connectivity index (χ4n) is 1.82. The molecule has 14 heavy (non-hydrogen) atoms. The number of methoxy groups -OCH3 is 1. The third-order valence-corrected chi connectivity index (χ3v) is 2.48. The number of nitrogen functional groups attached to an aromatic ring is 1. The highest BCUT2D eigenvalue weighted by molar-refractivity contribution is 5.92. The number of carbonyl (C=O) groups is 1. The van der Waals surface area contributed by atoms with E-state index in [4.69, 9.17) is 5.73 Å². The minimum absolute atomic E-state index is 0.286. The van der Waals surface area contributed by atoms with Crippen LogP contribution >= 0.6 is 0 Å². The molecule has 5 heteroatoms. The Morgan fingerprint density at radius 3 is 3.07 bits per heavy atom. The Labute approximate surface area is 81.9 Å². The van der Waals surface area contributed by atoms with Crippen molar-refractivity contribution in [1.82, 2.24) is 9.55 Å². The highest BCUT2D eigenvalue weighted by atomic mass is 16.5. The molecule has 2 N–H and O–H groups in total. The van der Waals surface area contributed by atoms with Crippen molar-refractivity contribution >= 4 is 11.8 Å². The maximum absolute atomic E-state index is 11.4. The first-order valence-electron chi connectivity index (χ1n) is 4.67. The normalized spacial score (nSPS) is 14.9. The van der Waals surface area contributed by atoms with Crippen LogP contribution in [0.25, 0.3) is 0 Å². The number of nitrogens with two attached hydrogens (primary N) is 1. The summed E-state index contributed by atoms with van der Waals surface area (Å²) >= 11 is 0. The van der Waals surface area contributed by atoms with Crippen LogP contribution in [0.3, 0.4) is 0 Å². The first-order valence-corrected chi connectivity index (χ1v) is 4.67. The summed E-state index contributed by atoms with van der Waals surface area (Å²) in [5.74, 6) is 0.783. The van der Waals surface area contributed by atoms with Gasteiger partial charge < -0.3 is 15.0 Å². The Balaban J connectivity index is 2.47. The van der Waals surface area contributed by atoms with E-state index in [2.05, 4.69) is 9.72 Å². The van der Waals surface area contributed by atoms with Gasteiger partial charge in [0.1, 0.15) is 5.82 Å². The molecule has 0 spiro atoms. The van der Waals surface area contributed by atoms with Gasteiger partial charge in [0.15, 0.2) is 11.5 Å². The van der Waals surface area contributed by atoms with Gasteiger partial charge in [-0.3, -0.25) is 0 Å². The molecule has 0 atom stereocenters. The van der Waals surface area contributed by atoms with Gasteiger partial charge in [0.2, 0.25) is 0 Å². The number of aryl methyl sites for hydroxylation is 1. The van der Waals surface area contributed by atoms with Crippen molar-refractivity contribution in [3.05, 3.63) is 11.5 Å². The molecule has 1 aromatic rings. The van der Waals surface area contributed by atoms with E-state index in [-0.39, 0.29) is 5.82 Å². The minimum Gasteiger partial charge on any atom is -0.464 e. The molecule has 0 amide bonds. The zero-order valence-electron chi connectivity index (χ0n) is 8.12. The van der Waals surface area contributed by atoms with E-state index < -0.39 is 5.97 Å². The third-order valence-electron chi connectivity index (χ3n) is 2.48. The number of rotatable bonds is 1. The Kier molecular flexibility index (Phi) is 2.15. The molecule has 1 aliphatic rings. The second-order valence-electron chi connectivity index (χ2n) is 3.36. The maximum atomic E-state index is 11.4. The number of anilines is 1. The number of hydrogen-bond donors (Lipinski definition) is 1. The molecule has 0 aliphatic carbocycles. The molecule has 0 radical (unpaired) electrons. The van der Waals surface area contributed by atoms with Gasteiger partial charge in [-0.1, -0.05) is 0 Å². The molecule has 0 fully saturated rings. The topological polar surface area (TPSA) is 70.1 Å². The molecule has 76 valence electrons. The molecule has 1 aliphatic heterocycles. The van der Waals surface area contributed by atoms with Crippen LogP contribution in [0.5, 0.6) is 0 Å².